The number of hydrogen-bond acceptors (Lipinski definition) is 1. The molecule has 0 heterocycles. The molecule has 27 heavy (non-hydrogen) atoms. The Hall–Kier alpha value is -2.02. The zero-order valence-electron chi connectivity index (χ0n) is 14.9. The van der Waals surface area contributed by atoms with Crippen molar-refractivity contribution < 1.29 is 26.3 Å². The minimum atomic E-state index is -4.85. The first kappa shape index (κ1) is 19.7. The Bertz CT molecular complexity index is 803. The molecule has 1 nitrogen and oxygen atoms in total. The first-order valence-electron chi connectivity index (χ1n) is 8.54. The summed E-state index contributed by atoms with van der Waals surface area (Å²) in [5.74, 6) is 0. The molecule has 1 aliphatic carbocycles. The fourth-order valence-corrected chi connectivity index (χ4v) is 3.61. The minimum absolute atomic E-state index is 0.0442. The van der Waals surface area contributed by atoms with Crippen LogP contribution in [0.1, 0.15) is 28.7 Å². The number of hydrogen-bond donors (Lipinski definition) is 0. The molecule has 0 N–H and O–H groups in total. The van der Waals surface area contributed by atoms with Crippen LogP contribution in [0.25, 0.3) is 11.1 Å². The first-order valence-corrected chi connectivity index (χ1v) is 8.54. The van der Waals surface area contributed by atoms with Gasteiger partial charge in [0.25, 0.3) is 0 Å². The van der Waals surface area contributed by atoms with Crippen LogP contribution in [0.5, 0.6) is 0 Å². The van der Waals surface area contributed by atoms with Gasteiger partial charge in [0.15, 0.2) is 0 Å². The van der Waals surface area contributed by atoms with Gasteiger partial charge in [-0.2, -0.15) is 26.3 Å². The number of alkyl halides is 6. The Morgan fingerprint density at radius 3 is 2.00 bits per heavy atom. The van der Waals surface area contributed by atoms with Crippen LogP contribution in [0, 0.1) is 0 Å². The number of halogens is 6. The lowest BCUT2D eigenvalue weighted by atomic mass is 9.83. The zero-order chi connectivity index (χ0) is 20.0. The Morgan fingerprint density at radius 2 is 1.48 bits per heavy atom. The standard InChI is InChI=1S/C20H19F6N/c1-27(2)16-6-7-18-12(10-16)4-3-5-17(18)13-8-14(19(21,22)23)11-15(9-13)20(24,25)26/h3-5,8-9,11,16H,6-7,10H2,1-2H3/t16-/m0/s1. The summed E-state index contributed by atoms with van der Waals surface area (Å²) in [6, 6.07) is 7.28. The summed E-state index contributed by atoms with van der Waals surface area (Å²) < 4.78 is 78.9. The average molecular weight is 387 g/mol. The lowest BCUT2D eigenvalue weighted by molar-refractivity contribution is -0.143. The topological polar surface area (TPSA) is 3.24 Å². The van der Waals surface area contributed by atoms with Gasteiger partial charge in [-0.05, 0) is 73.8 Å². The smallest absolute Gasteiger partial charge is 0.306 e. The largest absolute Gasteiger partial charge is 0.416 e. The molecular weight excluding hydrogens is 368 g/mol. The highest BCUT2D eigenvalue weighted by atomic mass is 19.4. The van der Waals surface area contributed by atoms with Gasteiger partial charge in [-0.15, -0.1) is 0 Å². The quantitative estimate of drug-likeness (QED) is 0.588. The van der Waals surface area contributed by atoms with Crippen molar-refractivity contribution in [2.24, 2.45) is 0 Å². The Kier molecular flexibility index (Phi) is 5.01. The summed E-state index contributed by atoms with van der Waals surface area (Å²) in [4.78, 5) is 2.08. The first-order chi connectivity index (χ1) is 12.5. The van der Waals surface area contributed by atoms with Gasteiger partial charge in [0, 0.05) is 6.04 Å². The number of fused-ring (bicyclic) bond motifs is 1. The highest BCUT2D eigenvalue weighted by Gasteiger charge is 2.37. The van der Waals surface area contributed by atoms with Gasteiger partial charge in [-0.3, -0.25) is 0 Å². The second-order valence-corrected chi connectivity index (χ2v) is 7.10. The van der Waals surface area contributed by atoms with E-state index in [1.54, 1.807) is 12.1 Å². The van der Waals surface area contributed by atoms with Crippen LogP contribution in [0.15, 0.2) is 36.4 Å². The molecule has 3 rings (SSSR count). The van der Waals surface area contributed by atoms with Crippen molar-refractivity contribution in [1.82, 2.24) is 4.90 Å². The van der Waals surface area contributed by atoms with Crippen molar-refractivity contribution in [1.29, 1.82) is 0 Å². The molecule has 0 unspecified atom stereocenters. The summed E-state index contributed by atoms with van der Waals surface area (Å²) in [5, 5.41) is 0. The van der Waals surface area contributed by atoms with Crippen LogP contribution in [0.2, 0.25) is 0 Å². The molecule has 0 saturated heterocycles. The number of nitrogens with zero attached hydrogens (tertiary/aromatic N) is 1. The molecule has 1 aliphatic rings. The third-order valence-corrected chi connectivity index (χ3v) is 5.09. The highest BCUT2D eigenvalue weighted by Crippen LogP contribution is 2.40. The Morgan fingerprint density at radius 1 is 0.889 bits per heavy atom. The molecule has 0 saturated carbocycles. The van der Waals surface area contributed by atoms with Crippen molar-refractivity contribution in [3.63, 3.8) is 0 Å². The summed E-state index contributed by atoms with van der Waals surface area (Å²) >= 11 is 0. The van der Waals surface area contributed by atoms with Gasteiger partial charge in [-0.25, -0.2) is 0 Å². The van der Waals surface area contributed by atoms with Crippen molar-refractivity contribution in [3.05, 3.63) is 58.7 Å². The van der Waals surface area contributed by atoms with Gasteiger partial charge >= 0.3 is 12.4 Å². The number of rotatable bonds is 2. The van der Waals surface area contributed by atoms with Crippen LogP contribution >= 0.6 is 0 Å². The molecule has 0 spiro atoms. The second-order valence-electron chi connectivity index (χ2n) is 7.10. The van der Waals surface area contributed by atoms with Crippen LogP contribution in [0.3, 0.4) is 0 Å². The molecule has 2 aromatic rings. The van der Waals surface area contributed by atoms with E-state index < -0.39 is 23.5 Å². The fraction of sp³-hybridized carbons (Fsp3) is 0.400. The molecule has 146 valence electrons. The zero-order valence-corrected chi connectivity index (χ0v) is 14.9. The van der Waals surface area contributed by atoms with E-state index in [9.17, 15) is 26.3 Å². The lowest BCUT2D eigenvalue weighted by Crippen LogP contribution is -2.33. The normalized spacial score (nSPS) is 17.9. The summed E-state index contributed by atoms with van der Waals surface area (Å²) in [6.07, 6.45) is -7.54. The predicted molar refractivity (Wildman–Crippen MR) is 91.4 cm³/mol. The molecule has 0 bridgehead atoms. The second kappa shape index (κ2) is 6.86. The average Bonchev–Trinajstić information content (AvgIpc) is 2.58. The minimum Gasteiger partial charge on any atom is -0.306 e. The summed E-state index contributed by atoms with van der Waals surface area (Å²) in [6.45, 7) is 0. The van der Waals surface area contributed by atoms with Crippen molar-refractivity contribution in [2.75, 3.05) is 14.1 Å². The molecule has 0 amide bonds. The highest BCUT2D eigenvalue weighted by molar-refractivity contribution is 5.71. The molecule has 1 atom stereocenters. The van der Waals surface area contributed by atoms with E-state index in [0.29, 0.717) is 18.0 Å². The molecule has 0 radical (unpaired) electrons. The third kappa shape index (κ3) is 4.13. The molecule has 7 heteroatoms. The van der Waals surface area contributed by atoms with E-state index in [4.69, 9.17) is 0 Å². The maximum atomic E-state index is 13.2. The third-order valence-electron chi connectivity index (χ3n) is 5.09. The van der Waals surface area contributed by atoms with Crippen LogP contribution in [-0.2, 0) is 25.2 Å². The Labute approximate surface area is 153 Å². The van der Waals surface area contributed by atoms with E-state index in [1.165, 1.54) is 0 Å². The molecular formula is C20H19F6N. The van der Waals surface area contributed by atoms with Gasteiger partial charge < -0.3 is 4.90 Å². The summed E-state index contributed by atoms with van der Waals surface area (Å²) in [7, 11) is 3.92. The van der Waals surface area contributed by atoms with Gasteiger partial charge in [0.1, 0.15) is 0 Å². The summed E-state index contributed by atoms with van der Waals surface area (Å²) in [5.41, 5.74) is -0.358. The number of benzene rings is 2. The van der Waals surface area contributed by atoms with Crippen molar-refractivity contribution in [2.45, 2.75) is 37.7 Å². The monoisotopic (exact) mass is 387 g/mol. The van der Waals surface area contributed by atoms with Gasteiger partial charge in [0.2, 0.25) is 0 Å². The van der Waals surface area contributed by atoms with Crippen LogP contribution < -0.4 is 0 Å². The van der Waals surface area contributed by atoms with E-state index >= 15 is 0 Å². The van der Waals surface area contributed by atoms with E-state index in [2.05, 4.69) is 4.90 Å². The molecule has 0 fully saturated rings. The lowest BCUT2D eigenvalue weighted by Gasteiger charge is -2.31. The fourth-order valence-electron chi connectivity index (χ4n) is 3.61. The maximum Gasteiger partial charge on any atom is 0.416 e. The van der Waals surface area contributed by atoms with Gasteiger partial charge in [-0.1, -0.05) is 18.2 Å². The van der Waals surface area contributed by atoms with Crippen LogP contribution in [-0.4, -0.2) is 25.0 Å². The SMILES string of the molecule is CN(C)[C@H]1CCc2c(cccc2-c2cc(C(F)(F)F)cc(C(F)(F)F)c2)C1. The van der Waals surface area contributed by atoms with E-state index in [0.717, 1.165) is 36.1 Å². The predicted octanol–water partition coefficient (Wildman–Crippen LogP) is 5.81. The van der Waals surface area contributed by atoms with Gasteiger partial charge in [0.05, 0.1) is 11.1 Å². The van der Waals surface area contributed by atoms with Crippen molar-refractivity contribution in [3.8, 4) is 11.1 Å². The molecule has 0 aliphatic heterocycles. The number of likely N-dealkylation sites (N-methyl/N-ethyl adjacent to an activating group) is 1. The molecule has 2 aromatic carbocycles. The van der Waals surface area contributed by atoms with Crippen molar-refractivity contribution >= 4 is 0 Å². The van der Waals surface area contributed by atoms with Crippen LogP contribution in [0.4, 0.5) is 26.3 Å². The maximum absolute atomic E-state index is 13.2. The Balaban J connectivity index is 2.14. The van der Waals surface area contributed by atoms with E-state index in [-0.39, 0.29) is 11.6 Å². The molecule has 0 aromatic heterocycles. The van der Waals surface area contributed by atoms with E-state index in [1.807, 2.05) is 20.2 Å².